The Morgan fingerprint density at radius 1 is 0.833 bits per heavy atom. The van der Waals surface area contributed by atoms with E-state index in [4.69, 9.17) is 9.97 Å². The number of imide groups is 1. The van der Waals surface area contributed by atoms with Gasteiger partial charge in [0, 0.05) is 78.9 Å². The molecule has 54 heavy (non-hydrogen) atoms. The van der Waals surface area contributed by atoms with E-state index in [0.717, 1.165) is 73.2 Å². The van der Waals surface area contributed by atoms with E-state index in [9.17, 15) is 14.4 Å². The highest BCUT2D eigenvalue weighted by atomic mass is 19.1. The van der Waals surface area contributed by atoms with E-state index in [0.29, 0.717) is 29.7 Å². The molecule has 1 saturated carbocycles. The highest BCUT2D eigenvalue weighted by Crippen LogP contribution is 2.36. The Kier molecular flexibility index (Phi) is 8.89. The number of nitrogens with one attached hydrogen (secondary N) is 3. The van der Waals surface area contributed by atoms with Gasteiger partial charge >= 0.3 is 0 Å². The van der Waals surface area contributed by atoms with Crippen molar-refractivity contribution in [3.8, 4) is 0 Å². The van der Waals surface area contributed by atoms with E-state index in [2.05, 4.69) is 47.4 Å². The van der Waals surface area contributed by atoms with Crippen molar-refractivity contribution in [2.45, 2.75) is 63.7 Å². The summed E-state index contributed by atoms with van der Waals surface area (Å²) in [6, 6.07) is 21.2. The van der Waals surface area contributed by atoms with Crippen molar-refractivity contribution < 1.29 is 18.8 Å². The van der Waals surface area contributed by atoms with Crippen molar-refractivity contribution >= 4 is 57.8 Å². The van der Waals surface area contributed by atoms with Gasteiger partial charge in [-0.2, -0.15) is 4.98 Å². The Balaban J connectivity index is 0.828. The maximum Gasteiger partial charge on any atom is 0.255 e. The van der Waals surface area contributed by atoms with Crippen LogP contribution in [0.4, 0.5) is 33.3 Å². The van der Waals surface area contributed by atoms with Crippen LogP contribution in [0.3, 0.4) is 0 Å². The minimum atomic E-state index is -0.769. The first-order valence-electron chi connectivity index (χ1n) is 18.7. The topological polar surface area (TPSA) is 141 Å². The second-order valence-electron chi connectivity index (χ2n) is 14.5. The van der Waals surface area contributed by atoms with Gasteiger partial charge in [-0.1, -0.05) is 37.1 Å². The molecule has 3 fully saturated rings. The number of rotatable bonds is 9. The lowest BCUT2D eigenvalue weighted by atomic mass is 10.0. The first-order valence-corrected chi connectivity index (χ1v) is 18.7. The van der Waals surface area contributed by atoms with Gasteiger partial charge in [-0.05, 0) is 61.7 Å². The smallest absolute Gasteiger partial charge is 0.255 e. The lowest BCUT2D eigenvalue weighted by Gasteiger charge is -2.36. The molecule has 0 spiro atoms. The third-order valence-corrected chi connectivity index (χ3v) is 11.1. The predicted octanol–water partition coefficient (Wildman–Crippen LogP) is 5.65. The standard InChI is InChI=1S/C40H41FN10O3/c41-35-25(10-15-30-31(35)24-50(38(30)54)33-16-17-34(52)46-37(33)53)23-48-18-20-49(21-19-48)28-13-11-27(12-14-28)43-39-42-22-32-36(47-39)51(29-8-4-5-9-29)40(45-32)44-26-6-2-1-3-7-26/h1-3,6-7,10-15,22,29,33H,4-5,8-9,16-21,23-24H2,(H,44,45)(H,42,43,47)(H,46,52,53). The molecule has 5 aromatic rings. The van der Waals surface area contributed by atoms with Gasteiger partial charge < -0.3 is 20.4 Å². The summed E-state index contributed by atoms with van der Waals surface area (Å²) in [7, 11) is 0. The Labute approximate surface area is 311 Å². The third-order valence-electron chi connectivity index (χ3n) is 11.1. The minimum absolute atomic E-state index is 0.0256. The number of para-hydroxylation sites is 1. The molecule has 4 aliphatic rings. The Bertz CT molecular complexity index is 2230. The van der Waals surface area contributed by atoms with Crippen LogP contribution in [0, 0.1) is 5.82 Å². The summed E-state index contributed by atoms with van der Waals surface area (Å²) in [6.45, 7) is 3.52. The summed E-state index contributed by atoms with van der Waals surface area (Å²) in [5.74, 6) is -0.315. The average Bonchev–Trinajstić information content (AvgIpc) is 3.92. The van der Waals surface area contributed by atoms with Gasteiger partial charge in [0.2, 0.25) is 23.7 Å². The van der Waals surface area contributed by atoms with E-state index in [1.807, 2.05) is 42.5 Å². The molecule has 1 atom stereocenters. The van der Waals surface area contributed by atoms with E-state index >= 15 is 4.39 Å². The number of carbonyl (C=O) groups is 3. The van der Waals surface area contributed by atoms with Crippen LogP contribution < -0.4 is 20.9 Å². The second kappa shape index (κ2) is 14.2. The molecule has 2 saturated heterocycles. The molecular weight excluding hydrogens is 688 g/mol. The largest absolute Gasteiger partial charge is 0.369 e. The molecule has 1 unspecified atom stereocenters. The number of anilines is 5. The fourth-order valence-electron chi connectivity index (χ4n) is 8.26. The Morgan fingerprint density at radius 2 is 1.59 bits per heavy atom. The highest BCUT2D eigenvalue weighted by Gasteiger charge is 2.40. The van der Waals surface area contributed by atoms with Gasteiger partial charge in [0.05, 0.1) is 12.7 Å². The van der Waals surface area contributed by atoms with Crippen LogP contribution in [0.25, 0.3) is 11.2 Å². The lowest BCUT2D eigenvalue weighted by Crippen LogP contribution is -2.52. The SMILES string of the molecule is O=C1CCC(N2Cc3c(ccc(CN4CCN(c5ccc(Nc6ncc7nc(Nc8ccccc8)n(C8CCCC8)c7n6)cc5)CC4)c3F)C2=O)C(=O)N1. The molecule has 5 heterocycles. The number of carbonyl (C=O) groups excluding carboxylic acids is 3. The zero-order valence-electron chi connectivity index (χ0n) is 29.8. The first kappa shape index (κ1) is 33.9. The molecule has 2 aromatic heterocycles. The van der Waals surface area contributed by atoms with Crippen molar-refractivity contribution in [2.24, 2.45) is 0 Å². The number of nitrogens with zero attached hydrogens (tertiary/aromatic N) is 7. The molecule has 3 amide bonds. The molecule has 9 rings (SSSR count). The summed E-state index contributed by atoms with van der Waals surface area (Å²) < 4.78 is 18.0. The van der Waals surface area contributed by atoms with Gasteiger partial charge in [0.15, 0.2) is 5.65 Å². The number of benzene rings is 3. The molecule has 0 radical (unpaired) electrons. The first-order chi connectivity index (χ1) is 26.4. The maximum atomic E-state index is 15.8. The minimum Gasteiger partial charge on any atom is -0.369 e. The van der Waals surface area contributed by atoms with Crippen LogP contribution in [0.15, 0.2) is 72.9 Å². The third kappa shape index (κ3) is 6.50. The van der Waals surface area contributed by atoms with Gasteiger partial charge in [-0.3, -0.25) is 29.2 Å². The van der Waals surface area contributed by atoms with Gasteiger partial charge in [-0.15, -0.1) is 0 Å². The van der Waals surface area contributed by atoms with Crippen molar-refractivity contribution in [3.63, 3.8) is 0 Å². The number of halogens is 1. The summed E-state index contributed by atoms with van der Waals surface area (Å²) >= 11 is 0. The van der Waals surface area contributed by atoms with Crippen LogP contribution in [0.2, 0.25) is 0 Å². The number of amides is 3. The number of imidazole rings is 1. The molecule has 3 aromatic carbocycles. The number of aromatic nitrogens is 4. The van der Waals surface area contributed by atoms with Crippen LogP contribution in [-0.4, -0.2) is 79.3 Å². The zero-order chi connectivity index (χ0) is 36.8. The normalized spacial score (nSPS) is 19.4. The molecule has 14 heteroatoms. The number of piperazine rings is 1. The molecule has 0 bridgehead atoms. The average molecular weight is 729 g/mol. The predicted molar refractivity (Wildman–Crippen MR) is 202 cm³/mol. The van der Waals surface area contributed by atoms with E-state index in [1.54, 1.807) is 18.3 Å². The Hall–Kier alpha value is -5.89. The molecule has 13 nitrogen and oxygen atoms in total. The van der Waals surface area contributed by atoms with Gasteiger partial charge in [0.1, 0.15) is 17.4 Å². The van der Waals surface area contributed by atoms with E-state index in [1.165, 1.54) is 17.7 Å². The highest BCUT2D eigenvalue weighted by molar-refractivity contribution is 6.05. The molecule has 1 aliphatic carbocycles. The van der Waals surface area contributed by atoms with Gasteiger partial charge in [0.25, 0.3) is 5.91 Å². The van der Waals surface area contributed by atoms with Crippen molar-refractivity contribution in [1.82, 2.24) is 34.6 Å². The monoisotopic (exact) mass is 728 g/mol. The van der Waals surface area contributed by atoms with E-state index in [-0.39, 0.29) is 36.8 Å². The maximum absolute atomic E-state index is 15.8. The summed E-state index contributed by atoms with van der Waals surface area (Å²) in [4.78, 5) is 57.4. The fourth-order valence-corrected chi connectivity index (χ4v) is 8.26. The fraction of sp³-hybridized carbons (Fsp3) is 0.350. The van der Waals surface area contributed by atoms with Crippen LogP contribution >= 0.6 is 0 Å². The van der Waals surface area contributed by atoms with E-state index < -0.39 is 17.8 Å². The van der Waals surface area contributed by atoms with Crippen molar-refractivity contribution in [3.05, 3.63) is 95.4 Å². The Morgan fingerprint density at radius 3 is 2.35 bits per heavy atom. The van der Waals surface area contributed by atoms with Crippen LogP contribution in [-0.2, 0) is 22.7 Å². The molecule has 276 valence electrons. The molecule has 3 aliphatic heterocycles. The van der Waals surface area contributed by atoms with Crippen molar-refractivity contribution in [1.29, 1.82) is 0 Å². The lowest BCUT2D eigenvalue weighted by molar-refractivity contribution is -0.136. The quantitative estimate of drug-likeness (QED) is 0.163. The summed E-state index contributed by atoms with van der Waals surface area (Å²) in [5.41, 5.74) is 5.68. The number of fused-ring (bicyclic) bond motifs is 2. The zero-order valence-corrected chi connectivity index (χ0v) is 29.8. The van der Waals surface area contributed by atoms with Crippen LogP contribution in [0.1, 0.15) is 66.1 Å². The number of hydrogen-bond acceptors (Lipinski definition) is 10. The van der Waals surface area contributed by atoms with Gasteiger partial charge in [-0.25, -0.2) is 14.4 Å². The molecule has 3 N–H and O–H groups in total. The second-order valence-corrected chi connectivity index (χ2v) is 14.5. The number of hydrogen-bond donors (Lipinski definition) is 3. The molecular formula is C40H41FN10O3. The summed E-state index contributed by atoms with van der Waals surface area (Å²) in [5, 5.41) is 9.17. The van der Waals surface area contributed by atoms with Crippen molar-refractivity contribution in [2.75, 3.05) is 41.7 Å². The summed E-state index contributed by atoms with van der Waals surface area (Å²) in [6.07, 6.45) is 6.76. The number of piperidine rings is 1. The van der Waals surface area contributed by atoms with Crippen LogP contribution in [0.5, 0.6) is 0 Å².